The van der Waals surface area contributed by atoms with Gasteiger partial charge in [-0.05, 0) is 25.1 Å². The second-order valence-corrected chi connectivity index (χ2v) is 3.55. The maximum absolute atomic E-state index is 9.22. The van der Waals surface area contributed by atoms with E-state index in [0.29, 0.717) is 5.75 Å². The minimum absolute atomic E-state index is 0.0629. The predicted molar refractivity (Wildman–Crippen MR) is 66.3 cm³/mol. The van der Waals surface area contributed by atoms with Gasteiger partial charge in [0, 0.05) is 5.56 Å². The Kier molecular flexibility index (Phi) is 5.52. The molecular formula is C13H18O4. The number of aliphatic hydroxyl groups excluding tert-OH is 2. The normalized spacial score (nSPS) is 12.7. The highest BCUT2D eigenvalue weighted by Crippen LogP contribution is 2.25. The van der Waals surface area contributed by atoms with Crippen molar-refractivity contribution in [2.75, 3.05) is 20.3 Å². The second-order valence-electron chi connectivity index (χ2n) is 3.55. The van der Waals surface area contributed by atoms with Crippen LogP contribution in [0.2, 0.25) is 0 Å². The van der Waals surface area contributed by atoms with Crippen molar-refractivity contribution < 1.29 is 19.7 Å². The van der Waals surface area contributed by atoms with Gasteiger partial charge in [-0.1, -0.05) is 12.2 Å². The molecule has 4 nitrogen and oxygen atoms in total. The predicted octanol–water partition coefficient (Wildman–Crippen LogP) is 1.46. The molecule has 0 spiro atoms. The van der Waals surface area contributed by atoms with E-state index in [1.54, 1.807) is 19.2 Å². The minimum Gasteiger partial charge on any atom is -0.497 e. The number of benzene rings is 1. The molecule has 4 heteroatoms. The van der Waals surface area contributed by atoms with Gasteiger partial charge >= 0.3 is 0 Å². The quantitative estimate of drug-likeness (QED) is 0.787. The van der Waals surface area contributed by atoms with Gasteiger partial charge in [0.1, 0.15) is 24.2 Å². The van der Waals surface area contributed by atoms with Gasteiger partial charge in [0.25, 0.3) is 0 Å². The lowest BCUT2D eigenvalue weighted by Crippen LogP contribution is -2.21. The number of hydrogen-bond acceptors (Lipinski definition) is 4. The molecule has 0 heterocycles. The molecular weight excluding hydrogens is 220 g/mol. The van der Waals surface area contributed by atoms with Crippen LogP contribution in [-0.2, 0) is 0 Å². The maximum Gasteiger partial charge on any atom is 0.126 e. The van der Waals surface area contributed by atoms with Crippen molar-refractivity contribution in [3.8, 4) is 11.5 Å². The topological polar surface area (TPSA) is 58.9 Å². The lowest BCUT2D eigenvalue weighted by atomic mass is 10.1. The average Bonchev–Trinajstić information content (AvgIpc) is 2.37. The zero-order chi connectivity index (χ0) is 12.7. The summed E-state index contributed by atoms with van der Waals surface area (Å²) in [6.45, 7) is 1.66. The summed E-state index contributed by atoms with van der Waals surface area (Å²) in [5.41, 5.74) is 0.872. The summed E-state index contributed by atoms with van der Waals surface area (Å²) in [5.74, 6) is 1.39. The zero-order valence-corrected chi connectivity index (χ0v) is 10.1. The molecule has 0 saturated carbocycles. The van der Waals surface area contributed by atoms with E-state index >= 15 is 0 Å². The Labute approximate surface area is 101 Å². The largest absolute Gasteiger partial charge is 0.497 e. The van der Waals surface area contributed by atoms with Crippen LogP contribution in [0.25, 0.3) is 6.08 Å². The Morgan fingerprint density at radius 2 is 2.18 bits per heavy atom. The molecule has 1 rings (SSSR count). The lowest BCUT2D eigenvalue weighted by molar-refractivity contribution is 0.0535. The molecule has 94 valence electrons. The van der Waals surface area contributed by atoms with Gasteiger partial charge in [-0.15, -0.1) is 0 Å². The number of ether oxygens (including phenoxy) is 2. The van der Waals surface area contributed by atoms with Gasteiger partial charge in [-0.25, -0.2) is 0 Å². The monoisotopic (exact) mass is 238 g/mol. The van der Waals surface area contributed by atoms with Crippen molar-refractivity contribution in [1.29, 1.82) is 0 Å². The van der Waals surface area contributed by atoms with E-state index in [1.165, 1.54) is 0 Å². The van der Waals surface area contributed by atoms with Crippen LogP contribution >= 0.6 is 0 Å². The first-order valence-electron chi connectivity index (χ1n) is 5.43. The van der Waals surface area contributed by atoms with Crippen LogP contribution in [0.1, 0.15) is 12.5 Å². The van der Waals surface area contributed by atoms with Crippen LogP contribution < -0.4 is 9.47 Å². The molecule has 1 aromatic rings. The van der Waals surface area contributed by atoms with Gasteiger partial charge in [0.15, 0.2) is 0 Å². The molecule has 0 fully saturated rings. The van der Waals surface area contributed by atoms with E-state index in [-0.39, 0.29) is 13.2 Å². The van der Waals surface area contributed by atoms with E-state index in [0.717, 1.165) is 11.3 Å². The summed E-state index contributed by atoms with van der Waals surface area (Å²) in [6, 6.07) is 5.41. The lowest BCUT2D eigenvalue weighted by Gasteiger charge is -2.13. The van der Waals surface area contributed by atoms with Crippen molar-refractivity contribution in [2.24, 2.45) is 0 Å². The van der Waals surface area contributed by atoms with E-state index in [2.05, 4.69) is 0 Å². The second kappa shape index (κ2) is 6.93. The van der Waals surface area contributed by atoms with Crippen molar-refractivity contribution in [1.82, 2.24) is 0 Å². The highest BCUT2D eigenvalue weighted by molar-refractivity contribution is 5.59. The molecule has 0 aliphatic carbocycles. The summed E-state index contributed by atoms with van der Waals surface area (Å²) in [4.78, 5) is 0. The standard InChI is InChI=1S/C13H18O4/c1-3-4-10-7-12(16-2)5-6-13(10)17-9-11(15)8-14/h3-7,11,14-15H,8-9H2,1-2H3/b4-3-. The van der Waals surface area contributed by atoms with Crippen molar-refractivity contribution in [2.45, 2.75) is 13.0 Å². The molecule has 2 N–H and O–H groups in total. The highest BCUT2D eigenvalue weighted by atomic mass is 16.5. The molecule has 17 heavy (non-hydrogen) atoms. The highest BCUT2D eigenvalue weighted by Gasteiger charge is 2.06. The summed E-state index contributed by atoms with van der Waals surface area (Å²) >= 11 is 0. The minimum atomic E-state index is -0.865. The number of aliphatic hydroxyl groups is 2. The van der Waals surface area contributed by atoms with Crippen molar-refractivity contribution in [3.63, 3.8) is 0 Å². The Morgan fingerprint density at radius 1 is 1.41 bits per heavy atom. The van der Waals surface area contributed by atoms with Crippen LogP contribution in [0.5, 0.6) is 11.5 Å². The molecule has 0 radical (unpaired) electrons. The molecule has 1 aromatic carbocycles. The van der Waals surface area contributed by atoms with Gasteiger partial charge < -0.3 is 19.7 Å². The molecule has 1 atom stereocenters. The van der Waals surface area contributed by atoms with Crippen LogP contribution in [0, 0.1) is 0 Å². The SMILES string of the molecule is C/C=C\c1cc(OC)ccc1OCC(O)CO. The molecule has 0 bridgehead atoms. The number of allylic oxidation sites excluding steroid dienone is 1. The Morgan fingerprint density at radius 3 is 2.76 bits per heavy atom. The summed E-state index contributed by atoms with van der Waals surface area (Å²) < 4.78 is 10.5. The van der Waals surface area contributed by atoms with Gasteiger partial charge in [0.05, 0.1) is 13.7 Å². The molecule has 0 aromatic heterocycles. The first-order chi connectivity index (χ1) is 8.21. The summed E-state index contributed by atoms with van der Waals surface area (Å²) in [6.07, 6.45) is 2.92. The van der Waals surface area contributed by atoms with Crippen LogP contribution in [-0.4, -0.2) is 36.6 Å². The van der Waals surface area contributed by atoms with Crippen LogP contribution in [0.4, 0.5) is 0 Å². The summed E-state index contributed by atoms with van der Waals surface area (Å²) in [7, 11) is 1.60. The molecule has 0 aliphatic rings. The smallest absolute Gasteiger partial charge is 0.126 e. The van der Waals surface area contributed by atoms with Crippen LogP contribution in [0.3, 0.4) is 0 Å². The first kappa shape index (κ1) is 13.5. The first-order valence-corrected chi connectivity index (χ1v) is 5.43. The Bertz CT molecular complexity index is 374. The van der Waals surface area contributed by atoms with E-state index in [9.17, 15) is 5.11 Å². The fraction of sp³-hybridized carbons (Fsp3) is 0.385. The molecule has 0 aliphatic heterocycles. The number of methoxy groups -OCH3 is 1. The van der Waals surface area contributed by atoms with E-state index in [1.807, 2.05) is 25.1 Å². The fourth-order valence-electron chi connectivity index (χ4n) is 1.33. The number of rotatable bonds is 6. The summed E-state index contributed by atoms with van der Waals surface area (Å²) in [5, 5.41) is 17.9. The molecule has 1 unspecified atom stereocenters. The third kappa shape index (κ3) is 4.09. The van der Waals surface area contributed by atoms with E-state index in [4.69, 9.17) is 14.6 Å². The third-order valence-corrected chi connectivity index (χ3v) is 2.21. The van der Waals surface area contributed by atoms with E-state index < -0.39 is 6.10 Å². The Hall–Kier alpha value is -1.52. The average molecular weight is 238 g/mol. The fourth-order valence-corrected chi connectivity index (χ4v) is 1.33. The van der Waals surface area contributed by atoms with Crippen LogP contribution in [0.15, 0.2) is 24.3 Å². The van der Waals surface area contributed by atoms with Crippen molar-refractivity contribution >= 4 is 6.08 Å². The van der Waals surface area contributed by atoms with Gasteiger partial charge in [-0.3, -0.25) is 0 Å². The third-order valence-electron chi connectivity index (χ3n) is 2.21. The van der Waals surface area contributed by atoms with Crippen molar-refractivity contribution in [3.05, 3.63) is 29.8 Å². The van der Waals surface area contributed by atoms with Gasteiger partial charge in [0.2, 0.25) is 0 Å². The molecule has 0 saturated heterocycles. The maximum atomic E-state index is 9.22. The Balaban J connectivity index is 2.82. The number of hydrogen-bond donors (Lipinski definition) is 2. The zero-order valence-electron chi connectivity index (χ0n) is 10.1. The molecule has 0 amide bonds. The van der Waals surface area contributed by atoms with Gasteiger partial charge in [-0.2, -0.15) is 0 Å².